The highest BCUT2D eigenvalue weighted by Crippen LogP contribution is 2.29. The van der Waals surface area contributed by atoms with Crippen LogP contribution >= 0.6 is 11.8 Å². The van der Waals surface area contributed by atoms with E-state index in [1.165, 1.54) is 0 Å². The van der Waals surface area contributed by atoms with E-state index in [0.717, 1.165) is 24.4 Å². The van der Waals surface area contributed by atoms with Gasteiger partial charge in [0, 0.05) is 23.6 Å². The molecule has 1 atom stereocenters. The summed E-state index contributed by atoms with van der Waals surface area (Å²) in [6, 6.07) is 9.54. The first-order chi connectivity index (χ1) is 8.98. The molecule has 1 saturated heterocycles. The van der Waals surface area contributed by atoms with E-state index >= 15 is 0 Å². The third kappa shape index (κ3) is 3.98. The Morgan fingerprint density at radius 1 is 1.42 bits per heavy atom. The lowest BCUT2D eigenvalue weighted by Gasteiger charge is -2.38. The average Bonchev–Trinajstić information content (AvgIpc) is 2.38. The van der Waals surface area contributed by atoms with Gasteiger partial charge in [-0.3, -0.25) is 4.79 Å². The zero-order valence-electron chi connectivity index (χ0n) is 11.6. The van der Waals surface area contributed by atoms with Crippen molar-refractivity contribution in [2.24, 2.45) is 5.73 Å². The van der Waals surface area contributed by atoms with Crippen LogP contribution < -0.4 is 5.73 Å². The zero-order valence-corrected chi connectivity index (χ0v) is 12.5. The van der Waals surface area contributed by atoms with Crippen molar-refractivity contribution >= 4 is 17.7 Å². The van der Waals surface area contributed by atoms with E-state index in [4.69, 9.17) is 5.73 Å². The molecule has 0 aliphatic carbocycles. The summed E-state index contributed by atoms with van der Waals surface area (Å²) in [6.45, 7) is 5.97. The van der Waals surface area contributed by atoms with E-state index in [1.807, 2.05) is 47.0 Å². The molecule has 0 unspecified atom stereocenters. The lowest BCUT2D eigenvalue weighted by Crippen LogP contribution is -2.52. The van der Waals surface area contributed by atoms with Gasteiger partial charge in [0.25, 0.3) is 0 Å². The number of carbonyl (C=O) groups is 1. The Morgan fingerprint density at radius 3 is 2.74 bits per heavy atom. The molecular formula is C15H22N2OS. The van der Waals surface area contributed by atoms with Crippen molar-refractivity contribution in [2.45, 2.75) is 31.1 Å². The zero-order chi connectivity index (χ0) is 13.9. The van der Waals surface area contributed by atoms with Gasteiger partial charge in [-0.2, -0.15) is 11.8 Å². The number of rotatable bonds is 3. The Bertz CT molecular complexity index is 433. The number of thioether (sulfide) groups is 1. The molecule has 1 heterocycles. The fraction of sp³-hybridized carbons (Fsp3) is 0.533. The van der Waals surface area contributed by atoms with Crippen molar-refractivity contribution in [2.75, 3.05) is 18.8 Å². The standard InChI is InChI=1S/C15H22N2OS/c1-15(2)11-17(8-9-19-15)14(18)13(16)10-12-6-4-3-5-7-12/h3-7,13H,8-11,16H2,1-2H3/t13-/m0/s1. The van der Waals surface area contributed by atoms with Gasteiger partial charge in [-0.15, -0.1) is 0 Å². The summed E-state index contributed by atoms with van der Waals surface area (Å²) in [7, 11) is 0. The Balaban J connectivity index is 1.95. The van der Waals surface area contributed by atoms with Crippen molar-refractivity contribution in [3.8, 4) is 0 Å². The van der Waals surface area contributed by atoms with E-state index in [0.29, 0.717) is 6.42 Å². The minimum Gasteiger partial charge on any atom is -0.339 e. The first-order valence-electron chi connectivity index (χ1n) is 6.70. The lowest BCUT2D eigenvalue weighted by molar-refractivity contribution is -0.132. The van der Waals surface area contributed by atoms with Crippen LogP contribution in [-0.2, 0) is 11.2 Å². The van der Waals surface area contributed by atoms with Crippen LogP contribution in [0.3, 0.4) is 0 Å². The molecular weight excluding hydrogens is 256 g/mol. The van der Waals surface area contributed by atoms with Gasteiger partial charge in [-0.25, -0.2) is 0 Å². The number of benzene rings is 1. The van der Waals surface area contributed by atoms with Gasteiger partial charge in [0.15, 0.2) is 0 Å². The quantitative estimate of drug-likeness (QED) is 0.918. The molecule has 104 valence electrons. The second-order valence-electron chi connectivity index (χ2n) is 5.66. The van der Waals surface area contributed by atoms with Crippen LogP contribution in [0.2, 0.25) is 0 Å². The lowest BCUT2D eigenvalue weighted by atomic mass is 10.0. The molecule has 2 rings (SSSR count). The second kappa shape index (κ2) is 5.97. The Hall–Kier alpha value is -1.00. The summed E-state index contributed by atoms with van der Waals surface area (Å²) in [4.78, 5) is 14.3. The molecule has 0 saturated carbocycles. The first-order valence-corrected chi connectivity index (χ1v) is 7.69. The molecule has 1 aromatic carbocycles. The largest absolute Gasteiger partial charge is 0.339 e. The summed E-state index contributed by atoms with van der Waals surface area (Å²) >= 11 is 1.92. The maximum atomic E-state index is 12.4. The molecule has 3 nitrogen and oxygen atoms in total. The number of carbonyl (C=O) groups excluding carboxylic acids is 1. The van der Waals surface area contributed by atoms with E-state index < -0.39 is 6.04 Å². The number of amides is 1. The van der Waals surface area contributed by atoms with Gasteiger partial charge in [-0.05, 0) is 25.8 Å². The molecule has 1 aliphatic rings. The average molecular weight is 278 g/mol. The molecule has 1 fully saturated rings. The van der Waals surface area contributed by atoms with Gasteiger partial charge in [0.1, 0.15) is 0 Å². The van der Waals surface area contributed by atoms with Crippen molar-refractivity contribution in [3.05, 3.63) is 35.9 Å². The highest BCUT2D eigenvalue weighted by molar-refractivity contribution is 8.00. The molecule has 1 aliphatic heterocycles. The Morgan fingerprint density at radius 2 is 2.11 bits per heavy atom. The summed E-state index contributed by atoms with van der Waals surface area (Å²) in [5.74, 6) is 1.08. The second-order valence-corrected chi connectivity index (χ2v) is 7.47. The predicted octanol–water partition coefficient (Wildman–Crippen LogP) is 1.91. The van der Waals surface area contributed by atoms with Crippen LogP contribution in [0, 0.1) is 0 Å². The fourth-order valence-corrected chi connectivity index (χ4v) is 3.51. The van der Waals surface area contributed by atoms with Crippen LogP contribution in [0.4, 0.5) is 0 Å². The number of nitrogens with two attached hydrogens (primary N) is 1. The molecule has 0 aromatic heterocycles. The van der Waals surface area contributed by atoms with Gasteiger partial charge in [-0.1, -0.05) is 30.3 Å². The normalized spacial score (nSPS) is 20.1. The molecule has 0 bridgehead atoms. The molecule has 1 amide bonds. The van der Waals surface area contributed by atoms with Gasteiger partial charge in [0.2, 0.25) is 5.91 Å². The van der Waals surface area contributed by atoms with Crippen molar-refractivity contribution in [1.82, 2.24) is 4.90 Å². The highest BCUT2D eigenvalue weighted by atomic mass is 32.2. The smallest absolute Gasteiger partial charge is 0.239 e. The van der Waals surface area contributed by atoms with Crippen LogP contribution in [0.1, 0.15) is 19.4 Å². The van der Waals surface area contributed by atoms with Gasteiger partial charge < -0.3 is 10.6 Å². The summed E-state index contributed by atoms with van der Waals surface area (Å²) in [6.07, 6.45) is 0.615. The van der Waals surface area contributed by atoms with Crippen molar-refractivity contribution in [1.29, 1.82) is 0 Å². The third-order valence-electron chi connectivity index (χ3n) is 3.35. The number of nitrogens with zero attached hydrogens (tertiary/aromatic N) is 1. The fourth-order valence-electron chi connectivity index (χ4n) is 2.39. The summed E-state index contributed by atoms with van der Waals surface area (Å²) in [5, 5.41) is 0. The maximum absolute atomic E-state index is 12.4. The predicted molar refractivity (Wildman–Crippen MR) is 81.2 cm³/mol. The van der Waals surface area contributed by atoms with E-state index in [-0.39, 0.29) is 10.7 Å². The van der Waals surface area contributed by atoms with Gasteiger partial charge >= 0.3 is 0 Å². The Labute approximate surface area is 119 Å². The molecule has 1 aromatic rings. The van der Waals surface area contributed by atoms with Crippen LogP contribution in [0.15, 0.2) is 30.3 Å². The SMILES string of the molecule is CC1(C)CN(C(=O)[C@@H](N)Cc2ccccc2)CCS1. The minimum absolute atomic E-state index is 0.0808. The van der Waals surface area contributed by atoms with Crippen molar-refractivity contribution in [3.63, 3.8) is 0 Å². The number of hydrogen-bond acceptors (Lipinski definition) is 3. The van der Waals surface area contributed by atoms with Crippen LogP contribution in [0.5, 0.6) is 0 Å². The van der Waals surface area contributed by atoms with E-state index in [9.17, 15) is 4.79 Å². The summed E-state index contributed by atoms with van der Waals surface area (Å²) in [5.41, 5.74) is 7.19. The maximum Gasteiger partial charge on any atom is 0.239 e. The minimum atomic E-state index is -0.429. The number of hydrogen-bond donors (Lipinski definition) is 1. The van der Waals surface area contributed by atoms with E-state index in [1.54, 1.807) is 0 Å². The molecule has 4 heteroatoms. The first kappa shape index (κ1) is 14.4. The van der Waals surface area contributed by atoms with E-state index in [2.05, 4.69) is 13.8 Å². The van der Waals surface area contributed by atoms with Gasteiger partial charge in [0.05, 0.1) is 6.04 Å². The molecule has 0 radical (unpaired) electrons. The third-order valence-corrected chi connectivity index (χ3v) is 4.65. The highest BCUT2D eigenvalue weighted by Gasteiger charge is 2.31. The topological polar surface area (TPSA) is 46.3 Å². The Kier molecular flexibility index (Phi) is 4.53. The van der Waals surface area contributed by atoms with Crippen LogP contribution in [-0.4, -0.2) is 40.4 Å². The monoisotopic (exact) mass is 278 g/mol. The molecule has 2 N–H and O–H groups in total. The van der Waals surface area contributed by atoms with Crippen molar-refractivity contribution < 1.29 is 4.79 Å². The van der Waals surface area contributed by atoms with Crippen LogP contribution in [0.25, 0.3) is 0 Å². The molecule has 19 heavy (non-hydrogen) atoms. The summed E-state index contributed by atoms with van der Waals surface area (Å²) < 4.78 is 0.139. The molecule has 0 spiro atoms.